The fourth-order valence-electron chi connectivity index (χ4n) is 3.73. The Kier molecular flexibility index (Phi) is 5.35. The van der Waals surface area contributed by atoms with Crippen molar-refractivity contribution in [3.63, 3.8) is 0 Å². The number of benzene rings is 1. The van der Waals surface area contributed by atoms with Gasteiger partial charge in [-0.3, -0.25) is 9.59 Å². The number of methoxy groups -OCH3 is 1. The molecule has 2 aromatic heterocycles. The highest BCUT2D eigenvalue weighted by Crippen LogP contribution is 2.39. The van der Waals surface area contributed by atoms with Crippen LogP contribution in [0.2, 0.25) is 0 Å². The van der Waals surface area contributed by atoms with Crippen LogP contribution in [0.4, 0.5) is 0 Å². The number of hydrogen-bond acceptors (Lipinski definition) is 6. The van der Waals surface area contributed by atoms with Crippen molar-refractivity contribution < 1.29 is 19.1 Å². The van der Waals surface area contributed by atoms with E-state index < -0.39 is 5.91 Å². The highest BCUT2D eigenvalue weighted by Gasteiger charge is 2.32. The standard InChI is InChI=1S/C21H21N3O4S/c1-27-15-6-2-3-7-16(15)28-12-17(25)24-10-8-13(11-24)18-14-5-4-9-23-21(14)29-19(18)20(22)26/h2-7,9,13H,8,10-12H2,1H3,(H2,22,26)/t13-/m0/s1. The molecule has 0 radical (unpaired) electrons. The van der Waals surface area contributed by atoms with E-state index >= 15 is 0 Å². The van der Waals surface area contributed by atoms with Crippen LogP contribution in [-0.2, 0) is 4.79 Å². The number of rotatable bonds is 6. The number of ether oxygens (including phenoxy) is 2. The second-order valence-electron chi connectivity index (χ2n) is 6.83. The normalized spacial score (nSPS) is 16.2. The van der Waals surface area contributed by atoms with Crippen LogP contribution in [0.5, 0.6) is 11.5 Å². The Bertz CT molecular complexity index is 1070. The molecule has 2 N–H and O–H groups in total. The van der Waals surface area contributed by atoms with Crippen LogP contribution in [0.15, 0.2) is 42.6 Å². The molecular formula is C21H21N3O4S. The van der Waals surface area contributed by atoms with Crippen LogP contribution in [-0.4, -0.2) is 48.5 Å². The Morgan fingerprint density at radius 2 is 2.03 bits per heavy atom. The zero-order valence-electron chi connectivity index (χ0n) is 16.0. The quantitative estimate of drug-likeness (QED) is 0.673. The van der Waals surface area contributed by atoms with Gasteiger partial charge in [-0.1, -0.05) is 18.2 Å². The van der Waals surface area contributed by atoms with E-state index in [0.717, 1.165) is 22.2 Å². The third kappa shape index (κ3) is 3.75. The summed E-state index contributed by atoms with van der Waals surface area (Å²) in [5.74, 6) is 0.614. The molecule has 8 heteroatoms. The number of thiophene rings is 1. The molecule has 0 saturated carbocycles. The first-order chi connectivity index (χ1) is 14.1. The molecule has 0 spiro atoms. The highest BCUT2D eigenvalue weighted by molar-refractivity contribution is 7.20. The van der Waals surface area contributed by atoms with Gasteiger partial charge in [0.15, 0.2) is 18.1 Å². The SMILES string of the molecule is COc1ccccc1OCC(=O)N1CC[C@H](c2c(C(N)=O)sc3ncccc23)C1. The fourth-order valence-corrected chi connectivity index (χ4v) is 4.81. The summed E-state index contributed by atoms with van der Waals surface area (Å²) in [5, 5.41) is 0.941. The van der Waals surface area contributed by atoms with Crippen molar-refractivity contribution in [3.05, 3.63) is 53.0 Å². The van der Waals surface area contributed by atoms with Crippen LogP contribution in [0.3, 0.4) is 0 Å². The molecule has 1 aromatic carbocycles. The molecule has 29 heavy (non-hydrogen) atoms. The molecule has 3 aromatic rings. The summed E-state index contributed by atoms with van der Waals surface area (Å²) in [4.78, 5) is 32.1. The molecule has 2 amide bonds. The van der Waals surface area contributed by atoms with Crippen LogP contribution < -0.4 is 15.2 Å². The van der Waals surface area contributed by atoms with Gasteiger partial charge in [-0.15, -0.1) is 11.3 Å². The number of likely N-dealkylation sites (tertiary alicyclic amines) is 1. The Labute approximate surface area is 172 Å². The number of hydrogen-bond donors (Lipinski definition) is 1. The fraction of sp³-hybridized carbons (Fsp3) is 0.286. The summed E-state index contributed by atoms with van der Waals surface area (Å²) in [7, 11) is 1.56. The minimum atomic E-state index is -0.452. The first kappa shape index (κ1) is 19.2. The maximum atomic E-state index is 12.7. The first-order valence-corrected chi connectivity index (χ1v) is 10.1. The Hall–Kier alpha value is -3.13. The number of carbonyl (C=O) groups excluding carboxylic acids is 2. The molecule has 1 atom stereocenters. The van der Waals surface area contributed by atoms with Crippen molar-refractivity contribution in [2.75, 3.05) is 26.8 Å². The lowest BCUT2D eigenvalue weighted by Gasteiger charge is -2.18. The van der Waals surface area contributed by atoms with Crippen LogP contribution >= 0.6 is 11.3 Å². The van der Waals surface area contributed by atoms with Crippen molar-refractivity contribution in [1.29, 1.82) is 0 Å². The molecule has 150 valence electrons. The molecular weight excluding hydrogens is 390 g/mol. The van der Waals surface area contributed by atoms with Crippen LogP contribution in [0.25, 0.3) is 10.2 Å². The van der Waals surface area contributed by atoms with Gasteiger partial charge in [0.2, 0.25) is 0 Å². The summed E-state index contributed by atoms with van der Waals surface area (Å²) in [6.07, 6.45) is 2.47. The monoisotopic (exact) mass is 411 g/mol. The lowest BCUT2D eigenvalue weighted by atomic mass is 9.95. The van der Waals surface area contributed by atoms with E-state index in [1.807, 2.05) is 24.3 Å². The largest absolute Gasteiger partial charge is 0.493 e. The number of nitrogens with two attached hydrogens (primary N) is 1. The number of primary amides is 1. The highest BCUT2D eigenvalue weighted by atomic mass is 32.1. The number of carbonyl (C=O) groups is 2. The number of nitrogens with zero attached hydrogens (tertiary/aromatic N) is 2. The van der Waals surface area contributed by atoms with Gasteiger partial charge in [-0.25, -0.2) is 4.98 Å². The van der Waals surface area contributed by atoms with E-state index in [4.69, 9.17) is 15.2 Å². The van der Waals surface area contributed by atoms with Gasteiger partial charge in [0, 0.05) is 30.6 Å². The summed E-state index contributed by atoms with van der Waals surface area (Å²) in [6, 6.07) is 11.0. The van der Waals surface area contributed by atoms with Gasteiger partial charge in [-0.2, -0.15) is 0 Å². The average molecular weight is 411 g/mol. The predicted octanol–water partition coefficient (Wildman–Crippen LogP) is 2.80. The molecule has 7 nitrogen and oxygen atoms in total. The first-order valence-electron chi connectivity index (χ1n) is 9.29. The minimum Gasteiger partial charge on any atom is -0.493 e. The van der Waals surface area contributed by atoms with Crippen molar-refractivity contribution in [3.8, 4) is 11.5 Å². The zero-order chi connectivity index (χ0) is 20.4. The van der Waals surface area contributed by atoms with Gasteiger partial charge in [0.25, 0.3) is 11.8 Å². The number of amides is 2. The molecule has 0 bridgehead atoms. The Balaban J connectivity index is 1.48. The van der Waals surface area contributed by atoms with Crippen molar-refractivity contribution in [2.24, 2.45) is 5.73 Å². The van der Waals surface area contributed by atoms with Gasteiger partial charge in [-0.05, 0) is 30.2 Å². The molecule has 1 fully saturated rings. The Morgan fingerprint density at radius 3 is 2.79 bits per heavy atom. The number of fused-ring (bicyclic) bond motifs is 1. The number of aromatic nitrogens is 1. The van der Waals surface area contributed by atoms with Crippen molar-refractivity contribution in [2.45, 2.75) is 12.3 Å². The van der Waals surface area contributed by atoms with Gasteiger partial charge >= 0.3 is 0 Å². The van der Waals surface area contributed by atoms with Crippen molar-refractivity contribution >= 4 is 33.4 Å². The van der Waals surface area contributed by atoms with E-state index in [0.29, 0.717) is 29.5 Å². The average Bonchev–Trinajstić information content (AvgIpc) is 3.36. The molecule has 0 aliphatic carbocycles. The molecule has 1 aliphatic rings. The smallest absolute Gasteiger partial charge is 0.260 e. The van der Waals surface area contributed by atoms with Gasteiger partial charge in [0.05, 0.1) is 12.0 Å². The van der Waals surface area contributed by atoms with Crippen molar-refractivity contribution in [1.82, 2.24) is 9.88 Å². The number of para-hydroxylation sites is 2. The van der Waals surface area contributed by atoms with E-state index in [-0.39, 0.29) is 18.4 Å². The van der Waals surface area contributed by atoms with E-state index in [1.54, 1.807) is 30.3 Å². The van der Waals surface area contributed by atoms with E-state index in [2.05, 4.69) is 4.98 Å². The molecule has 3 heterocycles. The second kappa shape index (κ2) is 8.08. The zero-order valence-corrected chi connectivity index (χ0v) is 16.8. The molecule has 1 saturated heterocycles. The second-order valence-corrected chi connectivity index (χ2v) is 7.83. The summed E-state index contributed by atoms with van der Waals surface area (Å²) in [6.45, 7) is 1.06. The third-order valence-corrected chi connectivity index (χ3v) is 6.24. The topological polar surface area (TPSA) is 94.8 Å². The minimum absolute atomic E-state index is 0.0469. The van der Waals surface area contributed by atoms with Gasteiger partial charge < -0.3 is 20.1 Å². The maximum absolute atomic E-state index is 12.7. The predicted molar refractivity (Wildman–Crippen MR) is 111 cm³/mol. The molecule has 0 unspecified atom stereocenters. The maximum Gasteiger partial charge on any atom is 0.260 e. The molecule has 1 aliphatic heterocycles. The lowest BCUT2D eigenvalue weighted by Crippen LogP contribution is -2.33. The molecule has 4 rings (SSSR count). The Morgan fingerprint density at radius 1 is 1.24 bits per heavy atom. The van der Waals surface area contributed by atoms with E-state index in [1.165, 1.54) is 11.3 Å². The summed E-state index contributed by atoms with van der Waals surface area (Å²) in [5.41, 5.74) is 6.52. The van der Waals surface area contributed by atoms with Crippen LogP contribution in [0, 0.1) is 0 Å². The summed E-state index contributed by atoms with van der Waals surface area (Å²) >= 11 is 1.31. The van der Waals surface area contributed by atoms with Crippen LogP contribution in [0.1, 0.15) is 27.6 Å². The lowest BCUT2D eigenvalue weighted by molar-refractivity contribution is -0.132. The third-order valence-electron chi connectivity index (χ3n) is 5.10. The number of pyridine rings is 1. The summed E-state index contributed by atoms with van der Waals surface area (Å²) < 4.78 is 10.9. The van der Waals surface area contributed by atoms with E-state index in [9.17, 15) is 9.59 Å². The van der Waals surface area contributed by atoms with Gasteiger partial charge in [0.1, 0.15) is 4.83 Å².